The number of thiazole rings is 1. The smallest absolute Gasteiger partial charge is 0.257 e. The second kappa shape index (κ2) is 7.30. The summed E-state index contributed by atoms with van der Waals surface area (Å²) in [7, 11) is 0. The maximum atomic E-state index is 12.2. The van der Waals surface area contributed by atoms with E-state index >= 15 is 0 Å². The number of fused-ring (bicyclic) bond motifs is 1. The first-order valence-electron chi connectivity index (χ1n) is 6.87. The summed E-state index contributed by atoms with van der Waals surface area (Å²) in [5.74, 6) is -0.258. The topological polar surface area (TPSA) is 54.0 Å². The van der Waals surface area contributed by atoms with Crippen LogP contribution in [-0.4, -0.2) is 16.0 Å². The van der Waals surface area contributed by atoms with Gasteiger partial charge in [0.1, 0.15) is 0 Å². The maximum Gasteiger partial charge on any atom is 0.257 e. The van der Waals surface area contributed by atoms with Crippen molar-refractivity contribution in [1.29, 1.82) is 0 Å². The van der Waals surface area contributed by atoms with Crippen molar-refractivity contribution in [3.63, 3.8) is 0 Å². The van der Waals surface area contributed by atoms with Crippen molar-refractivity contribution in [2.75, 3.05) is 5.32 Å². The van der Waals surface area contributed by atoms with Gasteiger partial charge >= 0.3 is 0 Å². The van der Waals surface area contributed by atoms with E-state index in [4.69, 9.17) is 23.8 Å². The lowest BCUT2D eigenvalue weighted by Crippen LogP contribution is -2.34. The molecule has 1 amide bonds. The molecule has 24 heavy (non-hydrogen) atoms. The molecule has 2 N–H and O–H groups in total. The van der Waals surface area contributed by atoms with Crippen molar-refractivity contribution >= 4 is 84.1 Å². The number of hydrogen-bond donors (Lipinski definition) is 2. The van der Waals surface area contributed by atoms with Crippen LogP contribution in [0.3, 0.4) is 0 Å². The second-order valence-corrected chi connectivity index (χ2v) is 8.10. The Bertz CT molecular complexity index is 919. The molecule has 3 rings (SSSR count). The van der Waals surface area contributed by atoms with Crippen LogP contribution in [0.5, 0.6) is 0 Å². The normalized spacial score (nSPS) is 10.6. The molecule has 4 nitrogen and oxygen atoms in total. The molecule has 2 aromatic carbocycles. The van der Waals surface area contributed by atoms with Gasteiger partial charge in [0.15, 0.2) is 10.2 Å². The molecule has 0 unspecified atom stereocenters. The number of carbonyl (C=O) groups is 1. The molecule has 0 saturated heterocycles. The molecule has 0 aliphatic heterocycles. The van der Waals surface area contributed by atoms with Crippen LogP contribution >= 0.6 is 57.7 Å². The Labute approximate surface area is 166 Å². The Morgan fingerprint density at radius 3 is 2.88 bits per heavy atom. The largest absolute Gasteiger partial charge is 0.308 e. The van der Waals surface area contributed by atoms with E-state index < -0.39 is 0 Å². The van der Waals surface area contributed by atoms with Gasteiger partial charge in [-0.1, -0.05) is 29.0 Å². The molecule has 0 aliphatic rings. The summed E-state index contributed by atoms with van der Waals surface area (Å²) in [6.07, 6.45) is 0. The number of benzene rings is 2. The summed E-state index contributed by atoms with van der Waals surface area (Å²) in [4.78, 5) is 16.6. The van der Waals surface area contributed by atoms with Crippen LogP contribution in [-0.2, 0) is 0 Å². The number of carbonyl (C=O) groups excluding carboxylic acids is 1. The molecule has 3 aromatic rings. The number of rotatable bonds is 2. The zero-order valence-corrected chi connectivity index (χ0v) is 16.9. The highest BCUT2D eigenvalue weighted by Gasteiger charge is 2.11. The second-order valence-electron chi connectivity index (χ2n) is 5.01. The molecule has 0 atom stereocenters. The van der Waals surface area contributed by atoms with Gasteiger partial charge in [-0.05, 0) is 77.6 Å². The highest BCUT2D eigenvalue weighted by molar-refractivity contribution is 14.1. The van der Waals surface area contributed by atoms with Crippen molar-refractivity contribution < 1.29 is 4.79 Å². The maximum absolute atomic E-state index is 12.2. The Morgan fingerprint density at radius 1 is 1.33 bits per heavy atom. The zero-order chi connectivity index (χ0) is 17.3. The van der Waals surface area contributed by atoms with Crippen molar-refractivity contribution in [3.05, 3.63) is 56.1 Å². The molecule has 8 heteroatoms. The fourth-order valence-corrected chi connectivity index (χ4v) is 3.94. The Kier molecular flexibility index (Phi) is 5.33. The number of anilines is 1. The number of aryl methyl sites for hydroxylation is 1. The third kappa shape index (κ3) is 4.02. The van der Waals surface area contributed by atoms with Gasteiger partial charge in [0.2, 0.25) is 0 Å². The summed E-state index contributed by atoms with van der Waals surface area (Å²) in [5, 5.41) is 7.10. The van der Waals surface area contributed by atoms with E-state index in [0.29, 0.717) is 15.7 Å². The minimum atomic E-state index is -0.258. The molecule has 0 saturated carbocycles. The summed E-state index contributed by atoms with van der Waals surface area (Å²) in [6.45, 7) is 1.95. The van der Waals surface area contributed by atoms with Crippen LogP contribution in [0, 0.1) is 10.5 Å². The van der Waals surface area contributed by atoms with Crippen molar-refractivity contribution in [2.45, 2.75) is 6.92 Å². The van der Waals surface area contributed by atoms with E-state index in [0.717, 1.165) is 19.4 Å². The van der Waals surface area contributed by atoms with Gasteiger partial charge in [-0.3, -0.25) is 10.1 Å². The minimum absolute atomic E-state index is 0.209. The minimum Gasteiger partial charge on any atom is -0.308 e. The Morgan fingerprint density at radius 2 is 2.12 bits per heavy atom. The Hall–Kier alpha value is -1.29. The molecule has 0 fully saturated rings. The lowest BCUT2D eigenvalue weighted by atomic mass is 10.2. The first kappa shape index (κ1) is 17.5. The van der Waals surface area contributed by atoms with Crippen LogP contribution in [0.25, 0.3) is 10.2 Å². The number of amides is 1. The first-order valence-corrected chi connectivity index (χ1v) is 9.55. The van der Waals surface area contributed by atoms with E-state index in [-0.39, 0.29) is 11.0 Å². The number of halogens is 2. The van der Waals surface area contributed by atoms with Gasteiger partial charge in [0.25, 0.3) is 5.91 Å². The van der Waals surface area contributed by atoms with E-state index in [9.17, 15) is 4.79 Å². The molecule has 0 aliphatic carbocycles. The van der Waals surface area contributed by atoms with Gasteiger partial charge in [0.05, 0.1) is 10.2 Å². The molecular weight excluding hydrogens is 477 g/mol. The summed E-state index contributed by atoms with van der Waals surface area (Å²) < 4.78 is 1.99. The number of aromatic nitrogens is 1. The number of hydrogen-bond acceptors (Lipinski definition) is 4. The van der Waals surface area contributed by atoms with Gasteiger partial charge in [0, 0.05) is 14.2 Å². The van der Waals surface area contributed by atoms with Crippen LogP contribution in [0.1, 0.15) is 15.9 Å². The molecule has 0 radical (unpaired) electrons. The van der Waals surface area contributed by atoms with Crippen LogP contribution < -0.4 is 10.6 Å². The van der Waals surface area contributed by atoms with Gasteiger partial charge in [-0.2, -0.15) is 0 Å². The molecule has 0 bridgehead atoms. The first-order chi connectivity index (χ1) is 11.4. The molecule has 1 heterocycles. The third-order valence-electron chi connectivity index (χ3n) is 3.20. The molecule has 1 aromatic heterocycles. The van der Waals surface area contributed by atoms with Gasteiger partial charge in [-0.25, -0.2) is 4.98 Å². The molecule has 122 valence electrons. The lowest BCUT2D eigenvalue weighted by molar-refractivity contribution is 0.0977. The summed E-state index contributed by atoms with van der Waals surface area (Å²) in [6, 6.07) is 11.1. The van der Waals surface area contributed by atoms with E-state index in [1.165, 1.54) is 11.3 Å². The fraction of sp³-hybridized carbons (Fsp3) is 0.0625. The average Bonchev–Trinajstić information content (AvgIpc) is 2.88. The predicted octanol–water partition coefficient (Wildman–Crippen LogP) is 4.99. The quantitative estimate of drug-likeness (QED) is 0.395. The van der Waals surface area contributed by atoms with Crippen molar-refractivity contribution in [2.24, 2.45) is 0 Å². The van der Waals surface area contributed by atoms with Gasteiger partial charge < -0.3 is 5.32 Å². The fourth-order valence-electron chi connectivity index (χ4n) is 2.04. The van der Waals surface area contributed by atoms with Gasteiger partial charge in [-0.15, -0.1) is 0 Å². The Balaban J connectivity index is 1.72. The third-order valence-corrected chi connectivity index (χ3v) is 5.42. The van der Waals surface area contributed by atoms with E-state index in [1.54, 1.807) is 12.1 Å². The van der Waals surface area contributed by atoms with Crippen molar-refractivity contribution in [1.82, 2.24) is 10.3 Å². The summed E-state index contributed by atoms with van der Waals surface area (Å²) >= 11 is 14.9. The van der Waals surface area contributed by atoms with Crippen molar-refractivity contribution in [3.8, 4) is 0 Å². The SMILES string of the molecule is Cc1cc2sc(NC(=S)NC(=O)c3cccc(I)c3)nc2cc1Cl. The number of nitrogens with zero attached hydrogens (tertiary/aromatic N) is 1. The van der Waals surface area contributed by atoms with Crippen LogP contribution in [0.4, 0.5) is 5.13 Å². The number of thiocarbonyl (C=S) groups is 1. The highest BCUT2D eigenvalue weighted by atomic mass is 127. The van der Waals surface area contributed by atoms with Crippen LogP contribution in [0.2, 0.25) is 5.02 Å². The standard InChI is InChI=1S/C16H11ClIN3OS2/c1-8-5-13-12(7-11(8)17)19-16(24-13)21-15(23)20-14(22)9-3-2-4-10(18)6-9/h2-7H,1H3,(H2,19,20,21,22,23). The van der Waals surface area contributed by atoms with E-state index in [2.05, 4.69) is 38.2 Å². The number of nitrogens with one attached hydrogen (secondary N) is 2. The molecule has 0 spiro atoms. The van der Waals surface area contributed by atoms with E-state index in [1.807, 2.05) is 31.2 Å². The summed E-state index contributed by atoms with van der Waals surface area (Å²) in [5.41, 5.74) is 2.34. The predicted molar refractivity (Wildman–Crippen MR) is 112 cm³/mol. The monoisotopic (exact) mass is 487 g/mol. The molecular formula is C16H11ClIN3OS2. The van der Waals surface area contributed by atoms with Crippen LogP contribution in [0.15, 0.2) is 36.4 Å². The average molecular weight is 488 g/mol. The highest BCUT2D eigenvalue weighted by Crippen LogP contribution is 2.30. The lowest BCUT2D eigenvalue weighted by Gasteiger charge is -2.07. The zero-order valence-electron chi connectivity index (χ0n) is 12.4.